The number of nitrogens with zero attached hydrogens (tertiary/aromatic N) is 2. The van der Waals surface area contributed by atoms with Crippen LogP contribution in [0.15, 0.2) is 42.5 Å². The van der Waals surface area contributed by atoms with Gasteiger partial charge in [-0.05, 0) is 36.5 Å². The number of alkyl halides is 3. The van der Waals surface area contributed by atoms with E-state index in [0.717, 1.165) is 12.1 Å². The Hall–Kier alpha value is -3.85. The fourth-order valence-electron chi connectivity index (χ4n) is 5.68. The fraction of sp³-hybridized carbons (Fsp3) is 0.464. The lowest BCUT2D eigenvalue weighted by Gasteiger charge is -2.32. The highest BCUT2D eigenvalue weighted by atomic mass is 35.5. The van der Waals surface area contributed by atoms with Gasteiger partial charge in [0.05, 0.1) is 28.8 Å². The van der Waals surface area contributed by atoms with Crippen molar-refractivity contribution in [3.63, 3.8) is 0 Å². The van der Waals surface area contributed by atoms with Crippen LogP contribution in [-0.2, 0) is 25.4 Å². The minimum Gasteiger partial charge on any atom is -0.349 e. The minimum atomic E-state index is -4.86. The van der Waals surface area contributed by atoms with Gasteiger partial charge in [-0.1, -0.05) is 56.7 Å². The number of nitriles is 1. The molecule has 0 aromatic heterocycles. The average molecular weight is 592 g/mol. The van der Waals surface area contributed by atoms with Gasteiger partial charge in [-0.3, -0.25) is 19.2 Å². The second-order valence-electron chi connectivity index (χ2n) is 11.7. The van der Waals surface area contributed by atoms with Gasteiger partial charge in [-0.2, -0.15) is 18.4 Å². The molecule has 1 aromatic rings. The van der Waals surface area contributed by atoms with Crippen LogP contribution in [0, 0.1) is 28.1 Å². The Morgan fingerprint density at radius 2 is 1.88 bits per heavy atom. The lowest BCUT2D eigenvalue weighted by Crippen LogP contribution is -2.53. The van der Waals surface area contributed by atoms with Crippen molar-refractivity contribution in [3.8, 4) is 6.07 Å². The van der Waals surface area contributed by atoms with E-state index >= 15 is 0 Å². The maximum atomic E-state index is 13.8. The average Bonchev–Trinajstić information content (AvgIpc) is 3.40. The van der Waals surface area contributed by atoms with Crippen molar-refractivity contribution in [2.75, 3.05) is 11.9 Å². The van der Waals surface area contributed by atoms with E-state index in [-0.39, 0.29) is 42.3 Å². The Balaban J connectivity index is 1.56. The molecule has 2 saturated heterocycles. The molecule has 0 radical (unpaired) electrons. The predicted octanol–water partition coefficient (Wildman–Crippen LogP) is 3.57. The van der Waals surface area contributed by atoms with Gasteiger partial charge in [-0.25, -0.2) is 0 Å². The van der Waals surface area contributed by atoms with Crippen LogP contribution in [0.5, 0.6) is 0 Å². The van der Waals surface area contributed by atoms with Crippen molar-refractivity contribution in [1.82, 2.24) is 15.5 Å². The Bertz CT molecular complexity index is 1380. The van der Waals surface area contributed by atoms with Crippen LogP contribution in [0.25, 0.3) is 0 Å². The predicted molar refractivity (Wildman–Crippen MR) is 143 cm³/mol. The lowest BCUT2D eigenvalue weighted by molar-refractivity contribution is -0.141. The van der Waals surface area contributed by atoms with Crippen LogP contribution >= 0.6 is 11.6 Å². The number of carbonyl (C=O) groups is 4. The maximum Gasteiger partial charge on any atom is 0.418 e. The van der Waals surface area contributed by atoms with Crippen LogP contribution < -0.4 is 16.0 Å². The molecule has 218 valence electrons. The van der Waals surface area contributed by atoms with Crippen LogP contribution in [0.1, 0.15) is 39.2 Å². The quantitative estimate of drug-likeness (QED) is 0.461. The van der Waals surface area contributed by atoms with Crippen molar-refractivity contribution >= 4 is 40.9 Å². The molecule has 4 rings (SSSR count). The molecule has 4 amide bonds. The summed E-state index contributed by atoms with van der Waals surface area (Å²) in [5.41, 5.74) is -3.51. The summed E-state index contributed by atoms with van der Waals surface area (Å²) in [7, 11) is 0. The highest BCUT2D eigenvalue weighted by Crippen LogP contribution is 2.48. The molecule has 1 aliphatic carbocycles. The first-order valence-electron chi connectivity index (χ1n) is 12.9. The third-order valence-corrected chi connectivity index (χ3v) is 7.74. The molecule has 3 N–H and O–H groups in total. The SMILES string of the molecule is CC(C)(C)C[C@H](NC(=O)C(=O)Nc1ccc(Cl)cc1C(F)(F)F)C(=O)N1C[C@]2(C[C@H]1C#N)C(=O)NC1C=CC=CC12. The van der Waals surface area contributed by atoms with Crippen molar-refractivity contribution in [1.29, 1.82) is 5.26 Å². The van der Waals surface area contributed by atoms with Gasteiger partial charge >= 0.3 is 18.0 Å². The standard InChI is InChI=1S/C28H29ClF3N5O4/c1-26(2,3)12-21(35-23(39)22(38)34-20-9-8-15(29)10-18(20)28(30,31)32)24(40)37-14-27(11-16(37)13-33)17-6-4-5-7-19(17)36-25(27)41/h4-10,16-17,19,21H,11-12,14H2,1-3H3,(H,34,38)(H,35,39)(H,36,41)/t16-,17?,19?,21-,27-/m0/s1. The van der Waals surface area contributed by atoms with Crippen LogP contribution in [0.2, 0.25) is 5.02 Å². The molecule has 9 nitrogen and oxygen atoms in total. The van der Waals surface area contributed by atoms with E-state index in [1.54, 1.807) is 26.8 Å². The van der Waals surface area contributed by atoms with Gasteiger partial charge in [0, 0.05) is 17.5 Å². The van der Waals surface area contributed by atoms with Crippen molar-refractivity contribution in [3.05, 3.63) is 53.1 Å². The van der Waals surface area contributed by atoms with E-state index in [1.165, 1.54) is 4.90 Å². The molecule has 1 aromatic carbocycles. The summed E-state index contributed by atoms with van der Waals surface area (Å²) in [6, 6.07) is 2.21. The zero-order valence-electron chi connectivity index (χ0n) is 22.5. The van der Waals surface area contributed by atoms with E-state index in [9.17, 15) is 37.6 Å². The third kappa shape index (κ3) is 6.10. The maximum absolute atomic E-state index is 13.8. The zero-order valence-corrected chi connectivity index (χ0v) is 23.3. The first-order chi connectivity index (χ1) is 19.1. The number of hydrogen-bond donors (Lipinski definition) is 3. The molecule has 3 aliphatic rings. The molecule has 0 bridgehead atoms. The topological polar surface area (TPSA) is 131 Å². The monoisotopic (exact) mass is 591 g/mol. The second kappa shape index (κ2) is 10.9. The number of halogens is 4. The highest BCUT2D eigenvalue weighted by molar-refractivity contribution is 6.40. The van der Waals surface area contributed by atoms with E-state index < -0.39 is 58.1 Å². The smallest absolute Gasteiger partial charge is 0.349 e. The number of carbonyl (C=O) groups excluding carboxylic acids is 4. The number of amides is 4. The van der Waals surface area contributed by atoms with Crippen molar-refractivity contribution < 1.29 is 32.3 Å². The van der Waals surface area contributed by atoms with E-state index in [1.807, 2.05) is 23.5 Å². The number of allylic oxidation sites excluding steroid dienone is 2. The Morgan fingerprint density at radius 3 is 2.51 bits per heavy atom. The molecule has 2 aliphatic heterocycles. The third-order valence-electron chi connectivity index (χ3n) is 7.50. The molecule has 41 heavy (non-hydrogen) atoms. The Labute approximate surface area is 239 Å². The molecule has 2 heterocycles. The lowest BCUT2D eigenvalue weighted by atomic mass is 9.72. The summed E-state index contributed by atoms with van der Waals surface area (Å²) in [5, 5.41) is 16.9. The van der Waals surface area contributed by atoms with Gasteiger partial charge < -0.3 is 20.9 Å². The number of anilines is 1. The van der Waals surface area contributed by atoms with Gasteiger partial charge in [-0.15, -0.1) is 0 Å². The Morgan fingerprint density at radius 1 is 1.20 bits per heavy atom. The summed E-state index contributed by atoms with van der Waals surface area (Å²) < 4.78 is 40.4. The number of benzene rings is 1. The van der Waals surface area contributed by atoms with Gasteiger partial charge in [0.25, 0.3) is 0 Å². The number of hydrogen-bond acceptors (Lipinski definition) is 5. The van der Waals surface area contributed by atoms with Gasteiger partial charge in [0.15, 0.2) is 0 Å². The molecular weight excluding hydrogens is 563 g/mol. The van der Waals surface area contributed by atoms with Crippen LogP contribution in [-0.4, -0.2) is 53.2 Å². The number of fused-ring (bicyclic) bond motifs is 2. The minimum absolute atomic E-state index is 0.0438. The second-order valence-corrected chi connectivity index (χ2v) is 12.1. The molecule has 1 spiro atoms. The summed E-state index contributed by atoms with van der Waals surface area (Å²) in [5.74, 6) is -3.98. The fourth-order valence-corrected chi connectivity index (χ4v) is 5.85. The van der Waals surface area contributed by atoms with E-state index in [0.29, 0.717) is 6.07 Å². The zero-order chi connectivity index (χ0) is 30.3. The normalized spacial score (nSPS) is 25.9. The largest absolute Gasteiger partial charge is 0.418 e. The van der Waals surface area contributed by atoms with E-state index in [2.05, 4.69) is 16.7 Å². The molecule has 13 heteroatoms. The first kappa shape index (κ1) is 30.1. The molecular formula is C28H29ClF3N5O4. The van der Waals surface area contributed by atoms with Gasteiger partial charge in [0.2, 0.25) is 11.8 Å². The summed E-state index contributed by atoms with van der Waals surface area (Å²) >= 11 is 5.68. The summed E-state index contributed by atoms with van der Waals surface area (Å²) in [4.78, 5) is 53.8. The molecule has 0 saturated carbocycles. The number of nitrogens with one attached hydrogen (secondary N) is 3. The van der Waals surface area contributed by atoms with Crippen LogP contribution in [0.4, 0.5) is 18.9 Å². The number of likely N-dealkylation sites (tertiary alicyclic amines) is 1. The van der Waals surface area contributed by atoms with E-state index in [4.69, 9.17) is 11.6 Å². The van der Waals surface area contributed by atoms with Crippen molar-refractivity contribution in [2.45, 2.75) is 57.9 Å². The summed E-state index contributed by atoms with van der Waals surface area (Å²) in [6.07, 6.45) is 2.60. The molecule has 2 fully saturated rings. The molecule has 2 unspecified atom stereocenters. The van der Waals surface area contributed by atoms with Crippen molar-refractivity contribution in [2.24, 2.45) is 16.7 Å². The number of rotatable bonds is 4. The highest BCUT2D eigenvalue weighted by Gasteiger charge is 2.60. The summed E-state index contributed by atoms with van der Waals surface area (Å²) in [6.45, 7) is 5.32. The first-order valence-corrected chi connectivity index (χ1v) is 13.3. The Kier molecular flexibility index (Phi) is 7.97. The van der Waals surface area contributed by atoms with Gasteiger partial charge in [0.1, 0.15) is 12.1 Å². The van der Waals surface area contributed by atoms with Crippen LogP contribution in [0.3, 0.4) is 0 Å². The molecule has 5 atom stereocenters.